The van der Waals surface area contributed by atoms with Crippen LogP contribution < -0.4 is 0 Å². The first-order valence-electron chi connectivity index (χ1n) is 6.31. The Bertz CT molecular complexity index is 372. The molecule has 0 fully saturated rings. The van der Waals surface area contributed by atoms with E-state index in [1.54, 1.807) is 6.08 Å². The Morgan fingerprint density at radius 1 is 1.53 bits per heavy atom. The molecule has 1 atom stereocenters. The van der Waals surface area contributed by atoms with Gasteiger partial charge >= 0.3 is 0 Å². The second kappa shape index (κ2) is 5.95. The molecule has 1 rings (SSSR count). The molecular formula is C15H22O2. The lowest BCUT2D eigenvalue weighted by atomic mass is 9.84. The molecule has 2 heteroatoms. The van der Waals surface area contributed by atoms with Crippen molar-refractivity contribution in [1.82, 2.24) is 0 Å². The first-order chi connectivity index (χ1) is 7.90. The minimum Gasteiger partial charge on any atom is -0.295 e. The minimum absolute atomic E-state index is 0.177. The number of hydrogen-bond acceptors (Lipinski definition) is 2. The Kier molecular flexibility index (Phi) is 4.86. The number of allylic oxidation sites excluding steroid dienone is 4. The average molecular weight is 234 g/mol. The highest BCUT2D eigenvalue weighted by atomic mass is 16.1. The van der Waals surface area contributed by atoms with Crippen molar-refractivity contribution < 1.29 is 9.59 Å². The van der Waals surface area contributed by atoms with Gasteiger partial charge in [0.15, 0.2) is 11.6 Å². The minimum atomic E-state index is 0.177. The summed E-state index contributed by atoms with van der Waals surface area (Å²) in [5.41, 5.74) is 1.91. The molecule has 0 amide bonds. The number of carbonyl (C=O) groups is 2. The molecule has 1 aliphatic rings. The number of rotatable bonds is 4. The molecule has 0 heterocycles. The molecule has 0 N–H and O–H groups in total. The van der Waals surface area contributed by atoms with Crippen molar-refractivity contribution in [3.8, 4) is 0 Å². The monoisotopic (exact) mass is 234 g/mol. The number of carbonyl (C=O) groups excluding carboxylic acids is 2. The van der Waals surface area contributed by atoms with E-state index in [0.717, 1.165) is 17.6 Å². The summed E-state index contributed by atoms with van der Waals surface area (Å²) < 4.78 is 0. The van der Waals surface area contributed by atoms with Crippen molar-refractivity contribution in [2.75, 3.05) is 0 Å². The Balaban J connectivity index is 2.65. The van der Waals surface area contributed by atoms with Gasteiger partial charge in [-0.1, -0.05) is 25.5 Å². The van der Waals surface area contributed by atoms with Gasteiger partial charge < -0.3 is 0 Å². The predicted molar refractivity (Wildman–Crippen MR) is 69.7 cm³/mol. The van der Waals surface area contributed by atoms with Crippen LogP contribution in [-0.4, -0.2) is 11.6 Å². The van der Waals surface area contributed by atoms with Gasteiger partial charge in [-0.3, -0.25) is 9.59 Å². The molecule has 0 aromatic rings. The summed E-state index contributed by atoms with van der Waals surface area (Å²) in [6.45, 7) is 7.90. The number of ketones is 2. The molecule has 0 spiro atoms. The first kappa shape index (κ1) is 13.9. The lowest BCUT2D eigenvalue weighted by molar-refractivity contribution is -0.117. The lowest BCUT2D eigenvalue weighted by Crippen LogP contribution is -2.16. The molecule has 1 aliphatic carbocycles. The standard InChI is InChI=1S/C15H22O2/c1-10(2)7-14(16)8-12(4)13-6-5-11(3)15(17)9-13/h5,8,10,13H,6-7,9H2,1-4H3/b12-8+/t13-/m0/s1. The number of Topliss-reactive ketones (excluding diaryl/α,β-unsaturated/α-hetero) is 1. The summed E-state index contributed by atoms with van der Waals surface area (Å²) >= 11 is 0. The Morgan fingerprint density at radius 3 is 2.71 bits per heavy atom. The fourth-order valence-corrected chi connectivity index (χ4v) is 2.08. The van der Waals surface area contributed by atoms with Gasteiger partial charge in [-0.05, 0) is 43.8 Å². The van der Waals surface area contributed by atoms with Gasteiger partial charge in [-0.15, -0.1) is 0 Å². The van der Waals surface area contributed by atoms with Gasteiger partial charge in [-0.25, -0.2) is 0 Å². The van der Waals surface area contributed by atoms with Crippen molar-refractivity contribution in [2.24, 2.45) is 11.8 Å². The van der Waals surface area contributed by atoms with Crippen LogP contribution in [0.25, 0.3) is 0 Å². The molecule has 0 bridgehead atoms. The van der Waals surface area contributed by atoms with E-state index in [4.69, 9.17) is 0 Å². The summed E-state index contributed by atoms with van der Waals surface area (Å²) in [5.74, 6) is 1.01. The molecule has 0 saturated carbocycles. The summed E-state index contributed by atoms with van der Waals surface area (Å²) in [6.07, 6.45) is 5.74. The molecule has 0 radical (unpaired) electrons. The fraction of sp³-hybridized carbons (Fsp3) is 0.600. The maximum absolute atomic E-state index is 11.7. The molecule has 0 aliphatic heterocycles. The highest BCUT2D eigenvalue weighted by molar-refractivity contribution is 5.96. The van der Waals surface area contributed by atoms with Gasteiger partial charge in [0.05, 0.1) is 0 Å². The molecule has 94 valence electrons. The summed E-state index contributed by atoms with van der Waals surface area (Å²) in [5, 5.41) is 0. The van der Waals surface area contributed by atoms with Crippen LogP contribution in [0.5, 0.6) is 0 Å². The van der Waals surface area contributed by atoms with Gasteiger partial charge in [0.1, 0.15) is 0 Å². The maximum atomic E-state index is 11.7. The van der Waals surface area contributed by atoms with Crippen LogP contribution in [-0.2, 0) is 9.59 Å². The van der Waals surface area contributed by atoms with E-state index in [0.29, 0.717) is 18.8 Å². The van der Waals surface area contributed by atoms with Gasteiger partial charge in [-0.2, -0.15) is 0 Å². The molecule has 0 unspecified atom stereocenters. The van der Waals surface area contributed by atoms with Crippen molar-refractivity contribution in [3.05, 3.63) is 23.3 Å². The van der Waals surface area contributed by atoms with Gasteiger partial charge in [0.25, 0.3) is 0 Å². The van der Waals surface area contributed by atoms with Crippen LogP contribution in [0.4, 0.5) is 0 Å². The van der Waals surface area contributed by atoms with Crippen molar-refractivity contribution in [3.63, 3.8) is 0 Å². The SMILES string of the molecule is CC1=CC[C@H](/C(C)=C/C(=O)CC(C)C)CC1=O. The molecule has 0 aromatic carbocycles. The number of hydrogen-bond donors (Lipinski definition) is 0. The summed E-state index contributed by atoms with van der Waals surface area (Å²) in [7, 11) is 0. The molecular weight excluding hydrogens is 212 g/mol. The Labute approximate surface area is 104 Å². The highest BCUT2D eigenvalue weighted by Gasteiger charge is 2.20. The van der Waals surface area contributed by atoms with Gasteiger partial charge in [0.2, 0.25) is 0 Å². The topological polar surface area (TPSA) is 34.1 Å². The second-order valence-electron chi connectivity index (χ2n) is 5.40. The maximum Gasteiger partial charge on any atom is 0.158 e. The van der Waals surface area contributed by atoms with E-state index < -0.39 is 0 Å². The third kappa shape index (κ3) is 4.29. The second-order valence-corrected chi connectivity index (χ2v) is 5.40. The normalized spacial score (nSPS) is 21.7. The first-order valence-corrected chi connectivity index (χ1v) is 6.31. The largest absolute Gasteiger partial charge is 0.295 e. The van der Waals surface area contributed by atoms with Crippen LogP contribution in [0, 0.1) is 11.8 Å². The van der Waals surface area contributed by atoms with Crippen LogP contribution in [0.1, 0.15) is 47.0 Å². The van der Waals surface area contributed by atoms with Crippen LogP contribution in [0.2, 0.25) is 0 Å². The van der Waals surface area contributed by atoms with E-state index in [-0.39, 0.29) is 17.5 Å². The summed E-state index contributed by atoms with van der Waals surface area (Å²) in [6, 6.07) is 0. The van der Waals surface area contributed by atoms with E-state index >= 15 is 0 Å². The molecule has 0 aromatic heterocycles. The quantitative estimate of drug-likeness (QED) is 0.698. The Morgan fingerprint density at radius 2 is 2.18 bits per heavy atom. The smallest absolute Gasteiger partial charge is 0.158 e. The van der Waals surface area contributed by atoms with Crippen molar-refractivity contribution in [2.45, 2.75) is 47.0 Å². The third-order valence-corrected chi connectivity index (χ3v) is 3.22. The van der Waals surface area contributed by atoms with Gasteiger partial charge in [0, 0.05) is 12.8 Å². The highest BCUT2D eigenvalue weighted by Crippen LogP contribution is 2.26. The summed E-state index contributed by atoms with van der Waals surface area (Å²) in [4.78, 5) is 23.3. The predicted octanol–water partition coefficient (Wildman–Crippen LogP) is 3.47. The van der Waals surface area contributed by atoms with E-state index in [2.05, 4.69) is 0 Å². The molecule has 2 nitrogen and oxygen atoms in total. The fourth-order valence-electron chi connectivity index (χ4n) is 2.08. The Hall–Kier alpha value is -1.18. The van der Waals surface area contributed by atoms with Crippen LogP contribution in [0.3, 0.4) is 0 Å². The van der Waals surface area contributed by atoms with Crippen molar-refractivity contribution in [1.29, 1.82) is 0 Å². The van der Waals surface area contributed by atoms with E-state index in [1.165, 1.54) is 0 Å². The lowest BCUT2D eigenvalue weighted by Gasteiger charge is -2.20. The molecule has 0 saturated heterocycles. The van der Waals surface area contributed by atoms with E-state index in [1.807, 2.05) is 33.8 Å². The van der Waals surface area contributed by atoms with Crippen LogP contribution >= 0.6 is 0 Å². The zero-order valence-corrected chi connectivity index (χ0v) is 11.2. The molecule has 17 heavy (non-hydrogen) atoms. The average Bonchev–Trinajstić information content (AvgIpc) is 2.20. The zero-order chi connectivity index (χ0) is 13.0. The van der Waals surface area contributed by atoms with E-state index in [9.17, 15) is 9.59 Å². The van der Waals surface area contributed by atoms with Crippen LogP contribution in [0.15, 0.2) is 23.3 Å². The zero-order valence-electron chi connectivity index (χ0n) is 11.2. The third-order valence-electron chi connectivity index (χ3n) is 3.22. The van der Waals surface area contributed by atoms with Crippen molar-refractivity contribution >= 4 is 11.6 Å².